The number of fused-ring (bicyclic) bond motifs is 1. The number of anilines is 1. The van der Waals surface area contributed by atoms with Crippen LogP contribution in [0.5, 0.6) is 11.5 Å². The number of rotatable bonds is 6. The summed E-state index contributed by atoms with van der Waals surface area (Å²) in [5.41, 5.74) is 1.46. The predicted molar refractivity (Wildman–Crippen MR) is 120 cm³/mol. The SMILES string of the molecule is COc1ccc(OC)c(-c2ccc(=O)n(CC(=O)Nc3cccc4ccccc34)n2)c1. The summed E-state index contributed by atoms with van der Waals surface area (Å²) in [4.78, 5) is 25.0. The molecule has 1 amide bonds. The predicted octanol–water partition coefficient (Wildman–Crippen LogP) is 3.72. The van der Waals surface area contributed by atoms with E-state index >= 15 is 0 Å². The van der Waals surface area contributed by atoms with Gasteiger partial charge in [0.2, 0.25) is 5.91 Å². The summed E-state index contributed by atoms with van der Waals surface area (Å²) in [7, 11) is 3.12. The van der Waals surface area contributed by atoms with Gasteiger partial charge >= 0.3 is 0 Å². The Hall–Kier alpha value is -4.13. The van der Waals surface area contributed by atoms with Gasteiger partial charge in [-0.3, -0.25) is 9.59 Å². The Kier molecular flexibility index (Phi) is 5.66. The second kappa shape index (κ2) is 8.71. The number of nitrogens with one attached hydrogen (secondary N) is 1. The van der Waals surface area contributed by atoms with Crippen molar-refractivity contribution in [1.29, 1.82) is 0 Å². The van der Waals surface area contributed by atoms with Crippen molar-refractivity contribution >= 4 is 22.4 Å². The highest BCUT2D eigenvalue weighted by Gasteiger charge is 2.13. The van der Waals surface area contributed by atoms with Crippen LogP contribution in [0.25, 0.3) is 22.0 Å². The molecule has 0 fully saturated rings. The summed E-state index contributed by atoms with van der Waals surface area (Å²) < 4.78 is 11.8. The normalized spacial score (nSPS) is 10.6. The minimum atomic E-state index is -0.376. The van der Waals surface area contributed by atoms with Crippen molar-refractivity contribution in [3.05, 3.63) is 83.2 Å². The monoisotopic (exact) mass is 415 g/mol. The Morgan fingerprint density at radius 2 is 1.77 bits per heavy atom. The zero-order valence-corrected chi connectivity index (χ0v) is 17.2. The van der Waals surface area contributed by atoms with Gasteiger partial charge in [-0.05, 0) is 35.7 Å². The van der Waals surface area contributed by atoms with Crippen LogP contribution in [0, 0.1) is 0 Å². The molecule has 0 saturated carbocycles. The van der Waals surface area contributed by atoms with E-state index in [1.807, 2.05) is 42.5 Å². The molecule has 0 spiro atoms. The molecule has 0 saturated heterocycles. The highest BCUT2D eigenvalue weighted by Crippen LogP contribution is 2.31. The molecule has 7 nitrogen and oxygen atoms in total. The van der Waals surface area contributed by atoms with Gasteiger partial charge in [0.15, 0.2) is 0 Å². The van der Waals surface area contributed by atoms with Crippen LogP contribution >= 0.6 is 0 Å². The van der Waals surface area contributed by atoms with Crippen LogP contribution in [0.3, 0.4) is 0 Å². The Morgan fingerprint density at radius 1 is 0.968 bits per heavy atom. The molecule has 0 atom stereocenters. The van der Waals surface area contributed by atoms with Gasteiger partial charge in [0.1, 0.15) is 18.0 Å². The number of hydrogen-bond acceptors (Lipinski definition) is 5. The highest BCUT2D eigenvalue weighted by molar-refractivity contribution is 6.02. The number of hydrogen-bond donors (Lipinski definition) is 1. The van der Waals surface area contributed by atoms with E-state index in [1.54, 1.807) is 38.5 Å². The fourth-order valence-corrected chi connectivity index (χ4v) is 3.38. The van der Waals surface area contributed by atoms with Crippen molar-refractivity contribution in [2.45, 2.75) is 6.54 Å². The first-order valence-electron chi connectivity index (χ1n) is 9.67. The van der Waals surface area contributed by atoms with E-state index in [2.05, 4.69) is 10.4 Å². The lowest BCUT2D eigenvalue weighted by molar-refractivity contribution is -0.117. The molecule has 0 aliphatic carbocycles. The molecule has 0 aliphatic heterocycles. The third-order valence-electron chi connectivity index (χ3n) is 4.91. The second-order valence-corrected chi connectivity index (χ2v) is 6.86. The van der Waals surface area contributed by atoms with Crippen LogP contribution in [-0.2, 0) is 11.3 Å². The first kappa shape index (κ1) is 20.2. The Bertz CT molecular complexity index is 1310. The van der Waals surface area contributed by atoms with Gasteiger partial charge in [0, 0.05) is 22.7 Å². The molecule has 0 bridgehead atoms. The maximum absolute atomic E-state index is 12.7. The Morgan fingerprint density at radius 3 is 2.58 bits per heavy atom. The molecule has 0 unspecified atom stereocenters. The van der Waals surface area contributed by atoms with Crippen LogP contribution < -0.4 is 20.3 Å². The van der Waals surface area contributed by atoms with Gasteiger partial charge in [-0.15, -0.1) is 0 Å². The minimum absolute atomic E-state index is 0.220. The molecule has 1 N–H and O–H groups in total. The number of ether oxygens (including phenoxy) is 2. The Labute approximate surface area is 178 Å². The van der Waals surface area contributed by atoms with Gasteiger partial charge in [-0.2, -0.15) is 5.10 Å². The molecule has 1 heterocycles. The van der Waals surface area contributed by atoms with Gasteiger partial charge in [0.05, 0.1) is 19.9 Å². The number of nitrogens with zero attached hydrogens (tertiary/aromatic N) is 2. The summed E-state index contributed by atoms with van der Waals surface area (Å²) in [5, 5.41) is 9.20. The topological polar surface area (TPSA) is 82.5 Å². The average molecular weight is 415 g/mol. The number of aromatic nitrogens is 2. The molecule has 0 radical (unpaired) electrons. The largest absolute Gasteiger partial charge is 0.497 e. The van der Waals surface area contributed by atoms with Crippen molar-refractivity contribution in [1.82, 2.24) is 9.78 Å². The molecular weight excluding hydrogens is 394 g/mol. The summed E-state index contributed by atoms with van der Waals surface area (Å²) in [6.45, 7) is -0.220. The number of carbonyl (C=O) groups excluding carboxylic acids is 1. The fourth-order valence-electron chi connectivity index (χ4n) is 3.38. The third-order valence-corrected chi connectivity index (χ3v) is 4.91. The third kappa shape index (κ3) is 4.25. The van der Waals surface area contributed by atoms with Gasteiger partial charge in [-0.25, -0.2) is 4.68 Å². The van der Waals surface area contributed by atoms with E-state index in [1.165, 1.54) is 6.07 Å². The lowest BCUT2D eigenvalue weighted by Gasteiger charge is -2.12. The lowest BCUT2D eigenvalue weighted by Crippen LogP contribution is -2.29. The summed E-state index contributed by atoms with van der Waals surface area (Å²) >= 11 is 0. The molecule has 156 valence electrons. The maximum Gasteiger partial charge on any atom is 0.267 e. The summed E-state index contributed by atoms with van der Waals surface area (Å²) in [5.74, 6) is 0.864. The van der Waals surface area contributed by atoms with E-state index in [0.29, 0.717) is 28.4 Å². The molecule has 4 rings (SSSR count). The number of methoxy groups -OCH3 is 2. The van der Waals surface area contributed by atoms with E-state index in [0.717, 1.165) is 15.5 Å². The standard InChI is InChI=1S/C24H21N3O4/c1-30-17-10-12-22(31-2)19(14-17)21-11-13-24(29)27(26-21)15-23(28)25-20-9-5-7-16-6-3-4-8-18(16)20/h3-14H,15H2,1-2H3,(H,25,28). The maximum atomic E-state index is 12.7. The summed E-state index contributed by atoms with van der Waals surface area (Å²) in [6, 6.07) is 21.7. The zero-order valence-electron chi connectivity index (χ0n) is 17.2. The number of benzene rings is 3. The van der Waals surface area contributed by atoms with Gasteiger partial charge < -0.3 is 14.8 Å². The van der Waals surface area contributed by atoms with Crippen molar-refractivity contribution < 1.29 is 14.3 Å². The van der Waals surface area contributed by atoms with E-state index < -0.39 is 0 Å². The van der Waals surface area contributed by atoms with E-state index in [9.17, 15) is 9.59 Å². The highest BCUT2D eigenvalue weighted by atomic mass is 16.5. The fraction of sp³-hybridized carbons (Fsp3) is 0.125. The number of carbonyl (C=O) groups is 1. The van der Waals surface area contributed by atoms with Crippen molar-refractivity contribution in [2.75, 3.05) is 19.5 Å². The number of amides is 1. The molecular formula is C24H21N3O4. The molecule has 4 aromatic rings. The molecule has 7 heteroatoms. The lowest BCUT2D eigenvalue weighted by atomic mass is 10.1. The second-order valence-electron chi connectivity index (χ2n) is 6.86. The van der Waals surface area contributed by atoms with Crippen LogP contribution in [-0.4, -0.2) is 29.9 Å². The van der Waals surface area contributed by atoms with Gasteiger partial charge in [0.25, 0.3) is 5.56 Å². The first-order valence-corrected chi connectivity index (χ1v) is 9.67. The molecule has 31 heavy (non-hydrogen) atoms. The molecule has 1 aromatic heterocycles. The minimum Gasteiger partial charge on any atom is -0.497 e. The average Bonchev–Trinajstić information content (AvgIpc) is 2.80. The van der Waals surface area contributed by atoms with Crippen LogP contribution in [0.1, 0.15) is 0 Å². The Balaban J connectivity index is 1.62. The quantitative estimate of drug-likeness (QED) is 0.519. The molecule has 0 aliphatic rings. The van der Waals surface area contributed by atoms with Crippen molar-refractivity contribution in [3.63, 3.8) is 0 Å². The van der Waals surface area contributed by atoms with Crippen LogP contribution in [0.15, 0.2) is 77.6 Å². The van der Waals surface area contributed by atoms with E-state index in [4.69, 9.17) is 9.47 Å². The van der Waals surface area contributed by atoms with E-state index in [-0.39, 0.29) is 18.0 Å². The zero-order chi connectivity index (χ0) is 21.8. The van der Waals surface area contributed by atoms with Gasteiger partial charge in [-0.1, -0.05) is 36.4 Å². The van der Waals surface area contributed by atoms with Crippen LogP contribution in [0.2, 0.25) is 0 Å². The summed E-state index contributed by atoms with van der Waals surface area (Å²) in [6.07, 6.45) is 0. The van der Waals surface area contributed by atoms with Crippen molar-refractivity contribution in [2.24, 2.45) is 0 Å². The smallest absolute Gasteiger partial charge is 0.267 e. The van der Waals surface area contributed by atoms with Crippen molar-refractivity contribution in [3.8, 4) is 22.8 Å². The van der Waals surface area contributed by atoms with Crippen LogP contribution in [0.4, 0.5) is 5.69 Å². The first-order chi connectivity index (χ1) is 15.1. The molecule has 3 aromatic carbocycles.